The summed E-state index contributed by atoms with van der Waals surface area (Å²) in [5, 5.41) is 3.34. The van der Waals surface area contributed by atoms with E-state index < -0.39 is 29.4 Å². The summed E-state index contributed by atoms with van der Waals surface area (Å²) in [4.78, 5) is 25.4. The predicted octanol–water partition coefficient (Wildman–Crippen LogP) is 7.72. The van der Waals surface area contributed by atoms with Crippen LogP contribution in [0.25, 0.3) is 0 Å². The van der Waals surface area contributed by atoms with Crippen LogP contribution in [0, 0.1) is 0 Å². The highest BCUT2D eigenvalue weighted by atomic mass is 35.5. The van der Waals surface area contributed by atoms with Gasteiger partial charge in [0, 0.05) is 55.8 Å². The van der Waals surface area contributed by atoms with E-state index in [1.54, 1.807) is 36.4 Å². The molecule has 0 bridgehead atoms. The summed E-state index contributed by atoms with van der Waals surface area (Å²) in [6.45, 7) is 2.03. The highest BCUT2D eigenvalue weighted by Crippen LogP contribution is 2.33. The molecule has 2 heterocycles. The number of nitrogens with one attached hydrogen (secondary N) is 1. The van der Waals surface area contributed by atoms with Crippen LogP contribution in [0.1, 0.15) is 32.6 Å². The molecule has 1 N–H and O–H groups in total. The third kappa shape index (κ3) is 8.60. The number of amides is 1. The number of halogens is 7. The third-order valence-corrected chi connectivity index (χ3v) is 8.21. The highest BCUT2D eigenvalue weighted by molar-refractivity contribution is 7.98. The van der Waals surface area contributed by atoms with Crippen LogP contribution in [0.4, 0.5) is 37.8 Å². The minimum Gasteiger partial charge on any atom is -0.368 e. The molecule has 6 nitrogen and oxygen atoms in total. The molecule has 45 heavy (non-hydrogen) atoms. The zero-order valence-corrected chi connectivity index (χ0v) is 25.1. The van der Waals surface area contributed by atoms with E-state index >= 15 is 0 Å². The molecule has 0 atom stereocenters. The number of hydrogen-bond acceptors (Lipinski definition) is 6. The molecule has 236 valence electrons. The zero-order valence-electron chi connectivity index (χ0n) is 23.5. The Balaban J connectivity index is 1.14. The molecule has 1 aliphatic rings. The number of piperazine rings is 1. The molecule has 1 aromatic heterocycles. The molecule has 0 unspecified atom stereocenters. The Labute approximate surface area is 264 Å². The van der Waals surface area contributed by atoms with Crippen LogP contribution in [-0.4, -0.2) is 42.1 Å². The standard InChI is InChI=1S/C31H26ClF6N5OS/c32-26-17-27(43-13-11-42(12-14-43)25-6-2-5-24(16-25)31(36,37)38)41-29(40-26)45-19-20-7-9-22(10-8-20)28(44)39-18-21-3-1-4-23(15-21)30(33,34)35/h1-10,15-17H,11-14,18-19H2,(H,39,44). The van der Waals surface area contributed by atoms with E-state index in [0.29, 0.717) is 59.7 Å². The van der Waals surface area contributed by atoms with Crippen molar-refractivity contribution in [2.24, 2.45) is 0 Å². The topological polar surface area (TPSA) is 61.4 Å². The van der Waals surface area contributed by atoms with Gasteiger partial charge in [-0.05, 0) is 53.6 Å². The first-order valence-electron chi connectivity index (χ1n) is 13.7. The number of carbonyl (C=O) groups excluding carboxylic acids is 1. The van der Waals surface area contributed by atoms with E-state index in [0.717, 1.165) is 29.8 Å². The largest absolute Gasteiger partial charge is 0.416 e. The summed E-state index contributed by atoms with van der Waals surface area (Å²) < 4.78 is 78.2. The summed E-state index contributed by atoms with van der Waals surface area (Å²) in [6.07, 6.45) is -8.86. The van der Waals surface area contributed by atoms with Crippen LogP contribution in [0.2, 0.25) is 5.15 Å². The van der Waals surface area contributed by atoms with Crippen molar-refractivity contribution in [2.45, 2.75) is 29.8 Å². The zero-order chi connectivity index (χ0) is 32.2. The quantitative estimate of drug-likeness (QED) is 0.0901. The first-order valence-corrected chi connectivity index (χ1v) is 15.1. The van der Waals surface area contributed by atoms with E-state index in [-0.39, 0.29) is 11.7 Å². The van der Waals surface area contributed by atoms with Gasteiger partial charge in [0.2, 0.25) is 0 Å². The first kappa shape index (κ1) is 32.4. The minimum atomic E-state index is -4.46. The lowest BCUT2D eigenvalue weighted by Crippen LogP contribution is -2.47. The lowest BCUT2D eigenvalue weighted by atomic mass is 10.1. The fourth-order valence-electron chi connectivity index (χ4n) is 4.73. The Morgan fingerprint density at radius 1 is 0.778 bits per heavy atom. The molecule has 5 rings (SSSR count). The van der Waals surface area contributed by atoms with E-state index in [4.69, 9.17) is 11.6 Å². The Morgan fingerprint density at radius 2 is 1.40 bits per heavy atom. The highest BCUT2D eigenvalue weighted by Gasteiger charge is 2.32. The summed E-state index contributed by atoms with van der Waals surface area (Å²) >= 11 is 7.64. The number of anilines is 2. The molecule has 0 spiro atoms. The van der Waals surface area contributed by atoms with Crippen molar-refractivity contribution >= 4 is 40.8 Å². The van der Waals surface area contributed by atoms with Crippen LogP contribution >= 0.6 is 23.4 Å². The van der Waals surface area contributed by atoms with Crippen molar-refractivity contribution in [1.82, 2.24) is 15.3 Å². The van der Waals surface area contributed by atoms with Gasteiger partial charge in [0.05, 0.1) is 11.1 Å². The lowest BCUT2D eigenvalue weighted by Gasteiger charge is -2.37. The molecule has 1 saturated heterocycles. The number of rotatable bonds is 8. The van der Waals surface area contributed by atoms with Gasteiger partial charge < -0.3 is 15.1 Å². The van der Waals surface area contributed by atoms with Crippen LogP contribution in [0.3, 0.4) is 0 Å². The maximum absolute atomic E-state index is 13.1. The molecule has 14 heteroatoms. The number of benzene rings is 3. The normalized spacial score (nSPS) is 14.0. The number of carbonyl (C=O) groups is 1. The molecule has 0 aliphatic carbocycles. The number of nitrogens with zero attached hydrogens (tertiary/aromatic N) is 4. The fraction of sp³-hybridized carbons (Fsp3) is 0.258. The van der Waals surface area contributed by atoms with E-state index in [1.807, 2.05) is 9.80 Å². The molecule has 1 fully saturated rings. The van der Waals surface area contributed by atoms with Gasteiger partial charge >= 0.3 is 12.4 Å². The van der Waals surface area contributed by atoms with Crippen LogP contribution in [-0.2, 0) is 24.7 Å². The second-order valence-corrected chi connectivity index (χ2v) is 11.5. The van der Waals surface area contributed by atoms with Crippen molar-refractivity contribution in [3.05, 3.63) is 112 Å². The molecule has 0 saturated carbocycles. The third-order valence-electron chi connectivity index (χ3n) is 7.09. The van der Waals surface area contributed by atoms with Gasteiger partial charge in [0.15, 0.2) is 5.16 Å². The average molecular weight is 666 g/mol. The van der Waals surface area contributed by atoms with Crippen molar-refractivity contribution in [2.75, 3.05) is 36.0 Å². The molecule has 3 aromatic carbocycles. The Morgan fingerprint density at radius 3 is 2.07 bits per heavy atom. The van der Waals surface area contributed by atoms with Gasteiger partial charge in [-0.3, -0.25) is 4.79 Å². The molecular formula is C31H26ClF6N5OS. The van der Waals surface area contributed by atoms with Crippen LogP contribution in [0.15, 0.2) is 84.0 Å². The Kier molecular flexibility index (Phi) is 9.78. The van der Waals surface area contributed by atoms with Crippen molar-refractivity contribution in [1.29, 1.82) is 0 Å². The van der Waals surface area contributed by atoms with Gasteiger partial charge in [-0.25, -0.2) is 9.97 Å². The fourth-order valence-corrected chi connectivity index (χ4v) is 5.76. The average Bonchev–Trinajstić information content (AvgIpc) is 3.02. The lowest BCUT2D eigenvalue weighted by molar-refractivity contribution is -0.138. The maximum Gasteiger partial charge on any atom is 0.416 e. The summed E-state index contributed by atoms with van der Waals surface area (Å²) in [7, 11) is 0. The minimum absolute atomic E-state index is 0.0465. The van der Waals surface area contributed by atoms with Crippen LogP contribution in [0.5, 0.6) is 0 Å². The SMILES string of the molecule is O=C(NCc1cccc(C(F)(F)F)c1)c1ccc(CSc2nc(Cl)cc(N3CCN(c4cccc(C(F)(F)F)c4)CC3)n2)cc1. The van der Waals surface area contributed by atoms with Gasteiger partial charge in [0.1, 0.15) is 11.0 Å². The number of aromatic nitrogens is 2. The van der Waals surface area contributed by atoms with E-state index in [9.17, 15) is 31.1 Å². The molecule has 4 aromatic rings. The second-order valence-electron chi connectivity index (χ2n) is 10.2. The number of thioether (sulfide) groups is 1. The number of alkyl halides is 6. The van der Waals surface area contributed by atoms with Crippen molar-refractivity contribution in [3.63, 3.8) is 0 Å². The van der Waals surface area contributed by atoms with Gasteiger partial charge in [0.25, 0.3) is 5.91 Å². The van der Waals surface area contributed by atoms with E-state index in [2.05, 4.69) is 15.3 Å². The summed E-state index contributed by atoms with van der Waals surface area (Å²) in [6, 6.07) is 18.5. The van der Waals surface area contributed by atoms with Crippen LogP contribution < -0.4 is 15.1 Å². The van der Waals surface area contributed by atoms with Gasteiger partial charge in [-0.15, -0.1) is 0 Å². The first-order chi connectivity index (χ1) is 21.3. The number of hydrogen-bond donors (Lipinski definition) is 1. The molecule has 0 radical (unpaired) electrons. The van der Waals surface area contributed by atoms with Gasteiger partial charge in [-0.2, -0.15) is 26.3 Å². The monoisotopic (exact) mass is 665 g/mol. The molecule has 1 amide bonds. The van der Waals surface area contributed by atoms with Gasteiger partial charge in [-0.1, -0.05) is 53.7 Å². The van der Waals surface area contributed by atoms with Crippen molar-refractivity contribution < 1.29 is 31.1 Å². The van der Waals surface area contributed by atoms with Crippen molar-refractivity contribution in [3.8, 4) is 0 Å². The Hall–Kier alpha value is -3.97. The predicted molar refractivity (Wildman–Crippen MR) is 162 cm³/mol. The smallest absolute Gasteiger partial charge is 0.368 e. The molecular weight excluding hydrogens is 640 g/mol. The maximum atomic E-state index is 13.1. The Bertz CT molecular complexity index is 1640. The van der Waals surface area contributed by atoms with E-state index in [1.165, 1.54) is 30.0 Å². The second kappa shape index (κ2) is 13.6. The summed E-state index contributed by atoms with van der Waals surface area (Å²) in [5.41, 5.74) is 0.642. The summed E-state index contributed by atoms with van der Waals surface area (Å²) in [5.74, 6) is 0.687. The molecule has 1 aliphatic heterocycles.